The number of hydrogen-bond donors (Lipinski definition) is 4. The van der Waals surface area contributed by atoms with Crippen LogP contribution < -0.4 is 11.0 Å². The summed E-state index contributed by atoms with van der Waals surface area (Å²) >= 11 is 0. The molecular weight excluding hydrogens is 506 g/mol. The molecule has 206 valence electrons. The van der Waals surface area contributed by atoms with Gasteiger partial charge in [-0.3, -0.25) is 14.2 Å². The van der Waals surface area contributed by atoms with Crippen LogP contribution in [-0.2, 0) is 28.5 Å². The van der Waals surface area contributed by atoms with Crippen molar-refractivity contribution in [3.05, 3.63) is 58.1 Å². The molecule has 2 heterocycles. The highest BCUT2D eigenvalue weighted by Gasteiger charge is 2.49. The van der Waals surface area contributed by atoms with E-state index in [0.717, 1.165) is 4.57 Å². The first kappa shape index (κ1) is 28.9. The van der Waals surface area contributed by atoms with E-state index < -0.39 is 67.2 Å². The van der Waals surface area contributed by atoms with Crippen LogP contribution in [0.3, 0.4) is 0 Å². The number of aliphatic hydroxyl groups excluding tert-OH is 1. The second kappa shape index (κ2) is 13.2. The third-order valence-corrected chi connectivity index (χ3v) is 5.70. The summed E-state index contributed by atoms with van der Waals surface area (Å²) in [6, 6.07) is 8.30. The molecule has 0 saturated carbocycles. The van der Waals surface area contributed by atoms with Crippen LogP contribution in [0.15, 0.2) is 41.3 Å². The monoisotopic (exact) mass is 535 g/mol. The summed E-state index contributed by atoms with van der Waals surface area (Å²) in [5.74, 6) is -3.45. The average Bonchev–Trinajstić information content (AvgIpc) is 3.22. The van der Waals surface area contributed by atoms with Crippen LogP contribution in [0.4, 0.5) is 5.82 Å². The Bertz CT molecular complexity index is 1190. The van der Waals surface area contributed by atoms with Crippen LogP contribution in [0.1, 0.15) is 28.6 Å². The van der Waals surface area contributed by atoms with Crippen LogP contribution in [0.5, 0.6) is 0 Å². The van der Waals surface area contributed by atoms with Gasteiger partial charge in [0.2, 0.25) is 0 Å². The normalized spacial score (nSPS) is 21.7. The van der Waals surface area contributed by atoms with Gasteiger partial charge in [0, 0.05) is 24.4 Å². The van der Waals surface area contributed by atoms with Crippen molar-refractivity contribution in [1.82, 2.24) is 9.55 Å². The molecule has 2 aromatic rings. The number of nitrogens with zero attached hydrogens (tertiary/aromatic N) is 2. The second-order valence-electron chi connectivity index (χ2n) is 8.38. The quantitative estimate of drug-likeness (QED) is 0.252. The Morgan fingerprint density at radius 1 is 1.16 bits per heavy atom. The van der Waals surface area contributed by atoms with E-state index in [9.17, 15) is 29.4 Å². The maximum atomic E-state index is 13.0. The van der Waals surface area contributed by atoms with Gasteiger partial charge >= 0.3 is 17.6 Å². The van der Waals surface area contributed by atoms with E-state index >= 15 is 0 Å². The van der Waals surface area contributed by atoms with E-state index in [0.29, 0.717) is 11.1 Å². The van der Waals surface area contributed by atoms with Gasteiger partial charge < -0.3 is 39.6 Å². The molecule has 3 rings (SSSR count). The summed E-state index contributed by atoms with van der Waals surface area (Å²) < 4.78 is 23.2. The molecule has 0 bridgehead atoms. The number of carbonyl (C=O) groups is 3. The number of carbonyl (C=O) groups excluding carboxylic acids is 1. The Balaban J connectivity index is 1.95. The average molecular weight is 536 g/mol. The molecule has 0 spiro atoms. The molecule has 1 aliphatic rings. The van der Waals surface area contributed by atoms with E-state index in [1.54, 1.807) is 37.3 Å². The molecule has 38 heavy (non-hydrogen) atoms. The molecule has 1 saturated heterocycles. The number of carboxylic acids is 2. The number of nitrogens with one attached hydrogen (secondary N) is 1. The van der Waals surface area contributed by atoms with Gasteiger partial charge in [0.05, 0.1) is 26.2 Å². The SMILES string of the molecule is COCCO[C@H]1[C@@H](OC(CC(=O)O)C(=O)O)[C@H](n2cc(C)c(NC(=O)c3ccccc3)nc2=O)O[C@@H]1CO. The molecule has 1 aliphatic heterocycles. The number of aliphatic hydroxyl groups is 1. The number of anilines is 1. The molecule has 0 radical (unpaired) electrons. The number of rotatable bonds is 13. The predicted octanol–water partition coefficient (Wildman–Crippen LogP) is 0.0384. The van der Waals surface area contributed by atoms with E-state index in [1.807, 2.05) is 0 Å². The molecule has 1 aromatic carbocycles. The zero-order valence-electron chi connectivity index (χ0n) is 20.7. The molecule has 0 aliphatic carbocycles. The van der Waals surface area contributed by atoms with Crippen molar-refractivity contribution in [3.8, 4) is 0 Å². The molecule has 5 atom stereocenters. The van der Waals surface area contributed by atoms with Crippen molar-refractivity contribution >= 4 is 23.7 Å². The lowest BCUT2D eigenvalue weighted by Crippen LogP contribution is -2.44. The van der Waals surface area contributed by atoms with Crippen molar-refractivity contribution in [2.45, 2.75) is 44.0 Å². The number of aromatic nitrogens is 2. The molecular formula is C24H29N3O11. The highest BCUT2D eigenvalue weighted by molar-refractivity contribution is 6.04. The zero-order chi connectivity index (χ0) is 27.8. The highest BCUT2D eigenvalue weighted by atomic mass is 16.6. The minimum absolute atomic E-state index is 0.00328. The van der Waals surface area contributed by atoms with Crippen molar-refractivity contribution in [3.63, 3.8) is 0 Å². The van der Waals surface area contributed by atoms with Gasteiger partial charge in [0.15, 0.2) is 12.3 Å². The fourth-order valence-corrected chi connectivity index (χ4v) is 3.88. The van der Waals surface area contributed by atoms with Crippen LogP contribution in [0.25, 0.3) is 0 Å². The van der Waals surface area contributed by atoms with E-state index in [4.69, 9.17) is 24.1 Å². The summed E-state index contributed by atoms with van der Waals surface area (Å²) in [4.78, 5) is 52.4. The van der Waals surface area contributed by atoms with Crippen molar-refractivity contribution in [2.75, 3.05) is 32.2 Å². The van der Waals surface area contributed by atoms with E-state index in [1.165, 1.54) is 13.3 Å². The van der Waals surface area contributed by atoms with Crippen LogP contribution in [0, 0.1) is 6.92 Å². The molecule has 14 nitrogen and oxygen atoms in total. The first-order valence-corrected chi connectivity index (χ1v) is 11.6. The van der Waals surface area contributed by atoms with Crippen LogP contribution >= 0.6 is 0 Å². The van der Waals surface area contributed by atoms with Gasteiger partial charge in [-0.1, -0.05) is 18.2 Å². The maximum absolute atomic E-state index is 13.0. The Hall–Kier alpha value is -3.69. The standard InChI is InChI=1S/C24H29N3O11/c1-13-11-27(24(34)26-20(13)25-21(31)14-6-4-3-5-7-14)22-19(37-15(23(32)33)10-17(29)30)18(16(12-28)38-22)36-9-8-35-2/h3-7,11,15-16,18-19,22,28H,8-10,12H2,1-2H3,(H,29,30)(H,32,33)(H,25,26,31,34)/t15?,16-,18-,19-,22-/m1/s1. The lowest BCUT2D eigenvalue weighted by atomic mass is 10.1. The van der Waals surface area contributed by atoms with Gasteiger partial charge in [-0.2, -0.15) is 4.98 Å². The highest BCUT2D eigenvalue weighted by Crippen LogP contribution is 2.34. The fourth-order valence-electron chi connectivity index (χ4n) is 3.88. The Morgan fingerprint density at radius 2 is 1.87 bits per heavy atom. The minimum Gasteiger partial charge on any atom is -0.481 e. The molecule has 1 unspecified atom stereocenters. The third kappa shape index (κ3) is 6.99. The molecule has 14 heteroatoms. The number of hydrogen-bond acceptors (Lipinski definition) is 10. The van der Waals surface area contributed by atoms with Gasteiger partial charge in [0.25, 0.3) is 5.91 Å². The first-order chi connectivity index (χ1) is 18.2. The summed E-state index contributed by atoms with van der Waals surface area (Å²) in [5.41, 5.74) is -0.164. The number of carboxylic acid groups (broad SMARTS) is 2. The lowest BCUT2D eigenvalue weighted by Gasteiger charge is -2.27. The molecule has 4 N–H and O–H groups in total. The van der Waals surface area contributed by atoms with Crippen LogP contribution in [0.2, 0.25) is 0 Å². The minimum atomic E-state index is -1.80. The Labute approximate surface area is 216 Å². The molecule has 1 aromatic heterocycles. The Kier molecular flexibility index (Phi) is 10.0. The number of amides is 1. The largest absolute Gasteiger partial charge is 0.481 e. The van der Waals surface area contributed by atoms with Crippen LogP contribution in [-0.4, -0.2) is 94.1 Å². The summed E-state index contributed by atoms with van der Waals surface area (Å²) in [6.07, 6.45) is -6.14. The van der Waals surface area contributed by atoms with Gasteiger partial charge in [-0.25, -0.2) is 9.59 Å². The first-order valence-electron chi connectivity index (χ1n) is 11.6. The Morgan fingerprint density at radius 3 is 2.47 bits per heavy atom. The van der Waals surface area contributed by atoms with Crippen molar-refractivity contribution in [2.24, 2.45) is 0 Å². The molecule has 1 amide bonds. The number of benzene rings is 1. The second-order valence-corrected chi connectivity index (χ2v) is 8.38. The van der Waals surface area contributed by atoms with E-state index in [-0.39, 0.29) is 19.0 Å². The summed E-state index contributed by atoms with van der Waals surface area (Å²) in [5, 5.41) is 31.1. The van der Waals surface area contributed by atoms with E-state index in [2.05, 4.69) is 10.3 Å². The number of ether oxygens (including phenoxy) is 4. The predicted molar refractivity (Wildman–Crippen MR) is 129 cm³/mol. The maximum Gasteiger partial charge on any atom is 0.351 e. The fraction of sp³-hybridized carbons (Fsp3) is 0.458. The van der Waals surface area contributed by atoms with Gasteiger partial charge in [0.1, 0.15) is 24.1 Å². The smallest absolute Gasteiger partial charge is 0.351 e. The number of methoxy groups -OCH3 is 1. The lowest BCUT2D eigenvalue weighted by molar-refractivity contribution is -0.171. The van der Waals surface area contributed by atoms with Crippen molar-refractivity contribution < 1.29 is 48.7 Å². The number of aliphatic carboxylic acids is 2. The molecule has 1 fully saturated rings. The zero-order valence-corrected chi connectivity index (χ0v) is 20.7. The third-order valence-electron chi connectivity index (χ3n) is 5.70. The van der Waals surface area contributed by atoms with Gasteiger partial charge in [-0.15, -0.1) is 0 Å². The topological polar surface area (TPSA) is 196 Å². The summed E-state index contributed by atoms with van der Waals surface area (Å²) in [6.45, 7) is 1.17. The van der Waals surface area contributed by atoms with Crippen molar-refractivity contribution in [1.29, 1.82) is 0 Å². The number of aryl methyl sites for hydroxylation is 1. The van der Waals surface area contributed by atoms with Gasteiger partial charge in [-0.05, 0) is 19.1 Å². The summed E-state index contributed by atoms with van der Waals surface area (Å²) in [7, 11) is 1.44.